The maximum atomic E-state index is 6.91. The summed E-state index contributed by atoms with van der Waals surface area (Å²) in [6.45, 7) is -0.0183. The first kappa shape index (κ1) is 21.4. The lowest BCUT2D eigenvalue weighted by atomic mass is 9.34. The molecular weight excluding hydrogens is 518 g/mol. The van der Waals surface area contributed by atoms with Gasteiger partial charge in [-0.2, -0.15) is 0 Å². The highest BCUT2D eigenvalue weighted by atomic mass is 16.5. The van der Waals surface area contributed by atoms with Gasteiger partial charge in [-0.05, 0) is 69.4 Å². The molecule has 11 rings (SSSR count). The summed E-state index contributed by atoms with van der Waals surface area (Å²) in [6, 6.07) is 33.5. The number of rotatable bonds is 0. The zero-order chi connectivity index (χ0) is 27.1. The predicted molar refractivity (Wildman–Crippen MR) is 168 cm³/mol. The zero-order valence-corrected chi connectivity index (χ0v) is 22.2. The summed E-state index contributed by atoms with van der Waals surface area (Å²) in [5, 5.41) is 2.20. The average Bonchev–Trinajstić information content (AvgIpc) is 3.44. The van der Waals surface area contributed by atoms with Crippen LogP contribution in [0.25, 0.3) is 22.9 Å². The van der Waals surface area contributed by atoms with Crippen molar-refractivity contribution in [1.82, 2.24) is 0 Å². The fraction of sp³-hybridized carbons (Fsp3) is 0. The molecule has 4 nitrogen and oxygen atoms in total. The lowest BCUT2D eigenvalue weighted by Gasteiger charge is -2.36. The average molecular weight is 536 g/mol. The molecule has 0 aromatic heterocycles. The van der Waals surface area contributed by atoms with Gasteiger partial charge in [-0.15, -0.1) is 0 Å². The van der Waals surface area contributed by atoms with Gasteiger partial charge in [0.2, 0.25) is 0 Å². The largest absolute Gasteiger partial charge is 0.458 e. The monoisotopic (exact) mass is 536 g/mol. The fourth-order valence-corrected chi connectivity index (χ4v) is 7.79. The Labute approximate surface area is 241 Å². The summed E-state index contributed by atoms with van der Waals surface area (Å²) in [5.41, 5.74) is 9.10. The van der Waals surface area contributed by atoms with Gasteiger partial charge in [-0.1, -0.05) is 72.8 Å². The minimum Gasteiger partial charge on any atom is -0.458 e. The minimum atomic E-state index is -0.00913. The van der Waals surface area contributed by atoms with Crippen LogP contribution >= 0.6 is 0 Å². The molecular formula is C36H18B2O4. The minimum absolute atomic E-state index is 0.00913. The van der Waals surface area contributed by atoms with Crippen LogP contribution in [0.2, 0.25) is 0 Å². The summed E-state index contributed by atoms with van der Waals surface area (Å²) < 4.78 is 26.6. The number of hydrogen-bond acceptors (Lipinski definition) is 4. The number of ether oxygens (including phenoxy) is 4. The number of fused-ring (bicyclic) bond motifs is 10. The van der Waals surface area contributed by atoms with Crippen molar-refractivity contribution in [3.8, 4) is 46.0 Å². The molecule has 6 aromatic rings. The van der Waals surface area contributed by atoms with Crippen molar-refractivity contribution in [3.05, 3.63) is 108 Å². The molecule has 4 heterocycles. The van der Waals surface area contributed by atoms with E-state index < -0.39 is 0 Å². The molecule has 0 radical (unpaired) electrons. The van der Waals surface area contributed by atoms with Crippen molar-refractivity contribution in [1.29, 1.82) is 0 Å². The van der Waals surface area contributed by atoms with Crippen LogP contribution in [0.3, 0.4) is 0 Å². The molecule has 192 valence electrons. The highest BCUT2D eigenvalue weighted by Crippen LogP contribution is 2.47. The van der Waals surface area contributed by atoms with Gasteiger partial charge < -0.3 is 18.9 Å². The van der Waals surface area contributed by atoms with Gasteiger partial charge in [0, 0.05) is 16.3 Å². The van der Waals surface area contributed by atoms with E-state index in [1.807, 2.05) is 36.4 Å². The van der Waals surface area contributed by atoms with E-state index in [-0.39, 0.29) is 13.4 Å². The fourth-order valence-electron chi connectivity index (χ4n) is 7.79. The molecule has 0 fully saturated rings. The van der Waals surface area contributed by atoms with E-state index >= 15 is 0 Å². The van der Waals surface area contributed by atoms with Gasteiger partial charge in [0.05, 0.1) is 5.39 Å². The number of para-hydroxylation sites is 2. The molecule has 1 aliphatic carbocycles. The Kier molecular flexibility index (Phi) is 3.71. The molecule has 0 spiro atoms. The van der Waals surface area contributed by atoms with Crippen LogP contribution in [0.1, 0.15) is 11.1 Å². The Morgan fingerprint density at radius 2 is 0.810 bits per heavy atom. The van der Waals surface area contributed by atoms with Gasteiger partial charge >= 0.3 is 0 Å². The Hall–Kier alpha value is -5.35. The van der Waals surface area contributed by atoms with Gasteiger partial charge in [0.1, 0.15) is 46.0 Å². The maximum Gasteiger partial charge on any atom is 0.260 e. The van der Waals surface area contributed by atoms with Crippen molar-refractivity contribution >= 4 is 69.1 Å². The summed E-state index contributed by atoms with van der Waals surface area (Å²) >= 11 is 0. The van der Waals surface area contributed by atoms with E-state index in [2.05, 4.69) is 72.8 Å². The van der Waals surface area contributed by atoms with Crippen LogP contribution in [0.15, 0.2) is 97.1 Å². The highest BCUT2D eigenvalue weighted by molar-refractivity contribution is 6.99. The topological polar surface area (TPSA) is 36.9 Å². The van der Waals surface area contributed by atoms with E-state index in [0.717, 1.165) is 84.2 Å². The van der Waals surface area contributed by atoms with Crippen LogP contribution in [-0.2, 0) is 0 Å². The van der Waals surface area contributed by atoms with Gasteiger partial charge in [0.15, 0.2) is 0 Å². The van der Waals surface area contributed by atoms with Crippen LogP contribution in [0.5, 0.6) is 46.0 Å². The molecule has 0 saturated heterocycles. The second-order valence-electron chi connectivity index (χ2n) is 11.5. The van der Waals surface area contributed by atoms with E-state index in [4.69, 9.17) is 18.9 Å². The van der Waals surface area contributed by atoms with Crippen LogP contribution in [0, 0.1) is 0 Å². The molecule has 0 N–H and O–H groups in total. The summed E-state index contributed by atoms with van der Waals surface area (Å²) in [5.74, 6) is 6.86. The smallest absolute Gasteiger partial charge is 0.260 e. The standard InChI is InChI=1S/C36H18B2O4/c1-3-9-25-21(7-1)37-23-17-19-15-16-20-18-24-36(32(31(19)20)35(23)41-29-13-5-11-27(39-25)33(29)37)42-30-14-6-12-28-34(30)38(24)22-8-2-4-10-26(22)40-28/h1-18H. The van der Waals surface area contributed by atoms with Crippen LogP contribution in [-0.4, -0.2) is 13.4 Å². The van der Waals surface area contributed by atoms with Gasteiger partial charge in [-0.3, -0.25) is 0 Å². The normalized spacial score (nSPS) is 14.8. The third kappa shape index (κ3) is 2.49. The molecule has 6 heteroatoms. The van der Waals surface area contributed by atoms with Crippen molar-refractivity contribution < 1.29 is 18.9 Å². The van der Waals surface area contributed by atoms with Gasteiger partial charge in [0.25, 0.3) is 13.4 Å². The van der Waals surface area contributed by atoms with E-state index in [1.165, 1.54) is 16.5 Å². The van der Waals surface area contributed by atoms with Crippen molar-refractivity contribution in [2.75, 3.05) is 0 Å². The Morgan fingerprint density at radius 1 is 0.381 bits per heavy atom. The third-order valence-corrected chi connectivity index (χ3v) is 9.45. The summed E-state index contributed by atoms with van der Waals surface area (Å²) in [4.78, 5) is 0. The van der Waals surface area contributed by atoms with Gasteiger partial charge in [-0.25, -0.2) is 0 Å². The van der Waals surface area contributed by atoms with Crippen LogP contribution < -0.4 is 51.7 Å². The SMILES string of the molecule is C1=Cc2cc3c(c4c5c(cc1c24)B1c2ccccc2Oc2cccc(c21)O5)Oc1cccc2c1B3c1ccccc1O2. The Morgan fingerprint density at radius 3 is 1.31 bits per heavy atom. The van der Waals surface area contributed by atoms with E-state index in [1.54, 1.807) is 0 Å². The first-order valence-corrected chi connectivity index (χ1v) is 14.3. The van der Waals surface area contributed by atoms with Crippen LogP contribution in [0.4, 0.5) is 0 Å². The molecule has 6 aromatic carbocycles. The highest BCUT2D eigenvalue weighted by Gasteiger charge is 2.45. The molecule has 5 aliphatic rings. The van der Waals surface area contributed by atoms with E-state index in [0.29, 0.717) is 0 Å². The molecule has 0 atom stereocenters. The lowest BCUT2D eigenvalue weighted by molar-refractivity contribution is 0.459. The molecule has 0 bridgehead atoms. The Bertz CT molecular complexity index is 2130. The summed E-state index contributed by atoms with van der Waals surface area (Å²) in [7, 11) is 0. The molecule has 0 unspecified atom stereocenters. The van der Waals surface area contributed by atoms with Crippen molar-refractivity contribution in [2.45, 2.75) is 0 Å². The molecule has 4 aliphatic heterocycles. The van der Waals surface area contributed by atoms with Crippen molar-refractivity contribution in [3.63, 3.8) is 0 Å². The Balaban J connectivity index is 1.26. The number of hydrogen-bond donors (Lipinski definition) is 0. The second-order valence-corrected chi connectivity index (χ2v) is 11.5. The third-order valence-electron chi connectivity index (χ3n) is 9.45. The van der Waals surface area contributed by atoms with Crippen molar-refractivity contribution in [2.24, 2.45) is 0 Å². The van der Waals surface area contributed by atoms with E-state index in [9.17, 15) is 0 Å². The molecule has 0 saturated carbocycles. The first-order valence-electron chi connectivity index (χ1n) is 14.3. The first-order chi connectivity index (χ1) is 20.8. The lowest BCUT2D eigenvalue weighted by Crippen LogP contribution is -2.58. The second kappa shape index (κ2) is 7.29. The quantitative estimate of drug-likeness (QED) is 0.262. The summed E-state index contributed by atoms with van der Waals surface area (Å²) in [6.07, 6.45) is 4.46. The maximum absolute atomic E-state index is 6.91. The molecule has 0 amide bonds. The predicted octanol–water partition coefficient (Wildman–Crippen LogP) is 4.78. The molecule has 42 heavy (non-hydrogen) atoms. The zero-order valence-electron chi connectivity index (χ0n) is 22.2. The number of benzene rings is 6.